The molecule has 1 amide bonds. The van der Waals surface area contributed by atoms with E-state index in [1.54, 1.807) is 25.1 Å². The average Bonchev–Trinajstić information content (AvgIpc) is 2.94. The van der Waals surface area contributed by atoms with Crippen LogP contribution in [0.3, 0.4) is 0 Å². The van der Waals surface area contributed by atoms with Crippen LogP contribution in [0.25, 0.3) is 0 Å². The highest BCUT2D eigenvalue weighted by atomic mass is 19.1. The number of rotatable bonds is 2. The Kier molecular flexibility index (Phi) is 3.73. The van der Waals surface area contributed by atoms with E-state index < -0.39 is 0 Å². The van der Waals surface area contributed by atoms with Crippen LogP contribution in [0, 0.1) is 12.7 Å². The zero-order chi connectivity index (χ0) is 14.8. The lowest BCUT2D eigenvalue weighted by molar-refractivity contribution is 0.0601. The molecule has 0 N–H and O–H groups in total. The van der Waals surface area contributed by atoms with Gasteiger partial charge in [-0.15, -0.1) is 0 Å². The van der Waals surface area contributed by atoms with Gasteiger partial charge in [-0.3, -0.25) is 4.79 Å². The van der Waals surface area contributed by atoms with Crippen LogP contribution in [0.5, 0.6) is 0 Å². The van der Waals surface area contributed by atoms with Gasteiger partial charge in [0.05, 0.1) is 6.04 Å². The summed E-state index contributed by atoms with van der Waals surface area (Å²) in [6, 6.07) is 8.00. The Hall–Kier alpha value is -2.17. The number of aromatic nitrogens is 1. The summed E-state index contributed by atoms with van der Waals surface area (Å²) in [5.41, 5.74) is 1.30. The van der Waals surface area contributed by atoms with Crippen molar-refractivity contribution in [1.82, 2.24) is 10.1 Å². The van der Waals surface area contributed by atoms with E-state index in [0.717, 1.165) is 24.8 Å². The average molecular weight is 288 g/mol. The van der Waals surface area contributed by atoms with E-state index in [0.29, 0.717) is 18.0 Å². The van der Waals surface area contributed by atoms with E-state index in [9.17, 15) is 9.18 Å². The number of carbonyl (C=O) groups is 1. The van der Waals surface area contributed by atoms with Gasteiger partial charge < -0.3 is 9.42 Å². The molecule has 21 heavy (non-hydrogen) atoms. The van der Waals surface area contributed by atoms with Gasteiger partial charge in [-0.05, 0) is 43.9 Å². The van der Waals surface area contributed by atoms with Crippen LogP contribution in [-0.2, 0) is 0 Å². The standard InChI is InChI=1S/C16H17FN2O2/c1-11-10-14(18-21-11)16(20)19-9-3-2-4-15(19)12-5-7-13(17)8-6-12/h5-8,10,15H,2-4,9H2,1H3/t15-/m0/s1. The maximum atomic E-state index is 13.1. The molecule has 1 aromatic carbocycles. The number of piperidine rings is 1. The Balaban J connectivity index is 1.87. The molecular weight excluding hydrogens is 271 g/mol. The first kappa shape index (κ1) is 13.8. The van der Waals surface area contributed by atoms with Crippen LogP contribution in [0.2, 0.25) is 0 Å². The van der Waals surface area contributed by atoms with Gasteiger partial charge in [0.25, 0.3) is 5.91 Å². The van der Waals surface area contributed by atoms with Crippen LogP contribution in [0.4, 0.5) is 4.39 Å². The van der Waals surface area contributed by atoms with Gasteiger partial charge in [-0.2, -0.15) is 0 Å². The second-order valence-electron chi connectivity index (χ2n) is 5.38. The van der Waals surface area contributed by atoms with Crippen LogP contribution in [0.15, 0.2) is 34.9 Å². The predicted molar refractivity (Wildman–Crippen MR) is 75.3 cm³/mol. The van der Waals surface area contributed by atoms with Crippen LogP contribution >= 0.6 is 0 Å². The molecule has 1 atom stereocenters. The quantitative estimate of drug-likeness (QED) is 0.849. The summed E-state index contributed by atoms with van der Waals surface area (Å²) in [6.45, 7) is 2.45. The highest BCUT2D eigenvalue weighted by molar-refractivity contribution is 5.92. The highest BCUT2D eigenvalue weighted by Gasteiger charge is 2.30. The number of hydrogen-bond acceptors (Lipinski definition) is 3. The fourth-order valence-electron chi connectivity index (χ4n) is 2.82. The Bertz CT molecular complexity index is 636. The van der Waals surface area contributed by atoms with Crippen molar-refractivity contribution in [2.24, 2.45) is 0 Å². The van der Waals surface area contributed by atoms with Gasteiger partial charge in [0.1, 0.15) is 11.6 Å². The van der Waals surface area contributed by atoms with Crippen molar-refractivity contribution in [3.63, 3.8) is 0 Å². The number of hydrogen-bond donors (Lipinski definition) is 0. The number of carbonyl (C=O) groups excluding carboxylic acids is 1. The lowest BCUT2D eigenvalue weighted by Gasteiger charge is -2.35. The van der Waals surface area contributed by atoms with E-state index in [1.807, 2.05) is 4.90 Å². The summed E-state index contributed by atoms with van der Waals surface area (Å²) in [4.78, 5) is 14.4. The minimum Gasteiger partial charge on any atom is -0.361 e. The molecule has 0 radical (unpaired) electrons. The van der Waals surface area contributed by atoms with Crippen molar-refractivity contribution in [3.05, 3.63) is 53.2 Å². The van der Waals surface area contributed by atoms with Gasteiger partial charge in [0, 0.05) is 12.6 Å². The summed E-state index contributed by atoms with van der Waals surface area (Å²) in [7, 11) is 0. The summed E-state index contributed by atoms with van der Waals surface area (Å²) >= 11 is 0. The van der Waals surface area contributed by atoms with E-state index in [2.05, 4.69) is 5.16 Å². The Labute approximate surface area is 122 Å². The van der Waals surface area contributed by atoms with Crippen molar-refractivity contribution in [2.75, 3.05) is 6.54 Å². The SMILES string of the molecule is Cc1cc(C(=O)N2CCCC[C@H]2c2ccc(F)cc2)no1. The molecule has 1 fully saturated rings. The van der Waals surface area contributed by atoms with Crippen molar-refractivity contribution < 1.29 is 13.7 Å². The van der Waals surface area contributed by atoms with E-state index in [-0.39, 0.29) is 17.8 Å². The zero-order valence-corrected chi connectivity index (χ0v) is 11.9. The van der Waals surface area contributed by atoms with Crippen molar-refractivity contribution >= 4 is 5.91 Å². The topological polar surface area (TPSA) is 46.3 Å². The molecule has 0 aliphatic carbocycles. The summed E-state index contributed by atoms with van der Waals surface area (Å²) in [5.74, 6) is 0.231. The Morgan fingerprint density at radius 1 is 1.33 bits per heavy atom. The first-order chi connectivity index (χ1) is 10.1. The molecule has 3 rings (SSSR count). The van der Waals surface area contributed by atoms with Crippen molar-refractivity contribution in [1.29, 1.82) is 0 Å². The number of nitrogens with zero attached hydrogens (tertiary/aromatic N) is 2. The second kappa shape index (κ2) is 5.68. The monoisotopic (exact) mass is 288 g/mol. The van der Waals surface area contributed by atoms with Crippen LogP contribution in [-0.4, -0.2) is 22.5 Å². The largest absolute Gasteiger partial charge is 0.361 e. The molecule has 0 spiro atoms. The highest BCUT2D eigenvalue weighted by Crippen LogP contribution is 2.32. The molecule has 2 heterocycles. The molecule has 1 aliphatic heterocycles. The smallest absolute Gasteiger partial charge is 0.276 e. The zero-order valence-electron chi connectivity index (χ0n) is 11.9. The fourth-order valence-corrected chi connectivity index (χ4v) is 2.82. The van der Waals surface area contributed by atoms with Crippen LogP contribution < -0.4 is 0 Å². The lowest BCUT2D eigenvalue weighted by atomic mass is 9.95. The summed E-state index contributed by atoms with van der Waals surface area (Å²) in [5, 5.41) is 3.81. The molecular formula is C16H17FN2O2. The van der Waals surface area contributed by atoms with Gasteiger partial charge in [-0.1, -0.05) is 17.3 Å². The Morgan fingerprint density at radius 2 is 2.10 bits per heavy atom. The van der Waals surface area contributed by atoms with Gasteiger partial charge >= 0.3 is 0 Å². The maximum Gasteiger partial charge on any atom is 0.276 e. The molecule has 0 saturated carbocycles. The number of likely N-dealkylation sites (tertiary alicyclic amines) is 1. The fraction of sp³-hybridized carbons (Fsp3) is 0.375. The lowest BCUT2D eigenvalue weighted by Crippen LogP contribution is -2.38. The summed E-state index contributed by atoms with van der Waals surface area (Å²) < 4.78 is 18.1. The Morgan fingerprint density at radius 3 is 2.76 bits per heavy atom. The molecule has 1 aliphatic rings. The molecule has 5 heteroatoms. The maximum absolute atomic E-state index is 13.1. The first-order valence-electron chi connectivity index (χ1n) is 7.15. The molecule has 1 aromatic heterocycles. The third-order valence-electron chi connectivity index (χ3n) is 3.87. The second-order valence-corrected chi connectivity index (χ2v) is 5.38. The minimum absolute atomic E-state index is 0.0242. The minimum atomic E-state index is -0.264. The molecule has 1 saturated heterocycles. The number of aryl methyl sites for hydroxylation is 1. The molecule has 4 nitrogen and oxygen atoms in total. The first-order valence-corrected chi connectivity index (χ1v) is 7.15. The molecule has 110 valence electrons. The van der Waals surface area contributed by atoms with E-state index in [4.69, 9.17) is 4.52 Å². The van der Waals surface area contributed by atoms with Crippen LogP contribution in [0.1, 0.15) is 47.1 Å². The van der Waals surface area contributed by atoms with Gasteiger partial charge in [0.2, 0.25) is 0 Å². The number of benzene rings is 1. The van der Waals surface area contributed by atoms with E-state index in [1.165, 1.54) is 12.1 Å². The third kappa shape index (κ3) is 2.82. The number of halogens is 1. The predicted octanol–water partition coefficient (Wildman–Crippen LogP) is 3.49. The van der Waals surface area contributed by atoms with E-state index >= 15 is 0 Å². The molecule has 0 bridgehead atoms. The normalized spacial score (nSPS) is 18.8. The van der Waals surface area contributed by atoms with Gasteiger partial charge in [-0.25, -0.2) is 4.39 Å². The van der Waals surface area contributed by atoms with Crippen molar-refractivity contribution in [3.8, 4) is 0 Å². The number of amides is 1. The molecule has 2 aromatic rings. The van der Waals surface area contributed by atoms with Gasteiger partial charge in [0.15, 0.2) is 5.69 Å². The van der Waals surface area contributed by atoms with Crippen molar-refractivity contribution in [2.45, 2.75) is 32.2 Å². The third-order valence-corrected chi connectivity index (χ3v) is 3.87. The molecule has 0 unspecified atom stereocenters. The summed E-state index contributed by atoms with van der Waals surface area (Å²) in [6.07, 6.45) is 2.91.